The molecule has 0 saturated carbocycles. The molecule has 4 aromatic rings. The summed E-state index contributed by atoms with van der Waals surface area (Å²) >= 11 is 0. The maximum atomic E-state index is 13.6. The number of hydrogen-bond donors (Lipinski definition) is 0. The Morgan fingerprint density at radius 2 is 1.73 bits per heavy atom. The lowest BCUT2D eigenvalue weighted by atomic mass is 10.0. The number of methoxy groups -OCH3 is 1. The molecule has 1 aliphatic heterocycles. The highest BCUT2D eigenvalue weighted by Gasteiger charge is 2.19. The third-order valence-electron chi connectivity index (χ3n) is 6.44. The molecule has 1 aromatic heterocycles. The SMILES string of the molecule is CCc1cc2c(=O)c(-c3ccc4c(c3)OCCCO4)c(C)oc2cc1OCC(=O)c1ccc(OC)cc1. The third-order valence-corrected chi connectivity index (χ3v) is 6.44. The maximum Gasteiger partial charge on any atom is 0.200 e. The molecular weight excluding hydrogens is 472 g/mol. The fourth-order valence-corrected chi connectivity index (χ4v) is 4.45. The van der Waals surface area contributed by atoms with Crippen molar-refractivity contribution in [1.29, 1.82) is 0 Å². The lowest BCUT2D eigenvalue weighted by molar-refractivity contribution is 0.0921. The van der Waals surface area contributed by atoms with Crippen LogP contribution in [0.15, 0.2) is 63.8 Å². The Bertz CT molecular complexity index is 1520. The van der Waals surface area contributed by atoms with E-state index in [9.17, 15) is 9.59 Å². The van der Waals surface area contributed by atoms with Crippen LogP contribution in [-0.4, -0.2) is 32.7 Å². The van der Waals surface area contributed by atoms with Crippen LogP contribution in [0.25, 0.3) is 22.1 Å². The van der Waals surface area contributed by atoms with Crippen LogP contribution >= 0.6 is 0 Å². The van der Waals surface area contributed by atoms with Gasteiger partial charge in [-0.2, -0.15) is 0 Å². The van der Waals surface area contributed by atoms with Crippen LogP contribution in [0.1, 0.15) is 35.0 Å². The van der Waals surface area contributed by atoms with Gasteiger partial charge in [-0.3, -0.25) is 9.59 Å². The molecule has 0 aliphatic carbocycles. The van der Waals surface area contributed by atoms with Crippen LogP contribution in [0, 0.1) is 6.92 Å². The van der Waals surface area contributed by atoms with Crippen molar-refractivity contribution in [3.05, 3.63) is 81.7 Å². The number of fused-ring (bicyclic) bond motifs is 2. The number of benzene rings is 3. The summed E-state index contributed by atoms with van der Waals surface area (Å²) in [6.07, 6.45) is 1.42. The standard InChI is InChI=1S/C30H28O7/c1-4-19-14-23-27(16-26(19)36-17-24(31)20-6-9-22(33-3)10-7-20)37-18(2)29(30(23)32)21-8-11-25-28(15-21)35-13-5-12-34-25/h6-11,14-16H,4-5,12-13,17H2,1-3H3. The van der Waals surface area contributed by atoms with Crippen LogP contribution in [0.4, 0.5) is 0 Å². The molecule has 7 heteroatoms. The highest BCUT2D eigenvalue weighted by atomic mass is 16.5. The van der Waals surface area contributed by atoms with Gasteiger partial charge in [0.25, 0.3) is 0 Å². The number of rotatable bonds is 7. The van der Waals surface area contributed by atoms with Gasteiger partial charge in [-0.1, -0.05) is 13.0 Å². The summed E-state index contributed by atoms with van der Waals surface area (Å²) in [5, 5.41) is 0.457. The number of Topliss-reactive ketones (excluding diaryl/α,β-unsaturated/α-hetero) is 1. The van der Waals surface area contributed by atoms with E-state index in [1.54, 1.807) is 50.4 Å². The highest BCUT2D eigenvalue weighted by molar-refractivity contribution is 5.97. The van der Waals surface area contributed by atoms with E-state index in [1.165, 1.54) is 0 Å². The zero-order valence-electron chi connectivity index (χ0n) is 21.1. The number of carbonyl (C=O) groups excluding carboxylic acids is 1. The summed E-state index contributed by atoms with van der Waals surface area (Å²) in [5.41, 5.74) is 2.81. The fraction of sp³-hybridized carbons (Fsp3) is 0.267. The minimum atomic E-state index is -0.160. The molecule has 0 atom stereocenters. The van der Waals surface area contributed by atoms with E-state index >= 15 is 0 Å². The predicted octanol–water partition coefficient (Wildman–Crippen LogP) is 5.76. The van der Waals surface area contributed by atoms with Gasteiger partial charge >= 0.3 is 0 Å². The van der Waals surface area contributed by atoms with Crippen LogP contribution in [0.2, 0.25) is 0 Å². The van der Waals surface area contributed by atoms with E-state index < -0.39 is 0 Å². The molecule has 0 spiro atoms. The molecule has 0 amide bonds. The van der Waals surface area contributed by atoms with Crippen molar-refractivity contribution in [2.45, 2.75) is 26.7 Å². The van der Waals surface area contributed by atoms with Gasteiger partial charge in [0.15, 0.2) is 23.9 Å². The second-order valence-corrected chi connectivity index (χ2v) is 8.82. The first-order chi connectivity index (χ1) is 18.0. The van der Waals surface area contributed by atoms with Gasteiger partial charge in [-0.25, -0.2) is 0 Å². The minimum absolute atomic E-state index is 0.135. The van der Waals surface area contributed by atoms with Crippen molar-refractivity contribution in [3.8, 4) is 34.1 Å². The third kappa shape index (κ3) is 4.89. The summed E-state index contributed by atoms with van der Waals surface area (Å²) in [7, 11) is 1.58. The zero-order chi connectivity index (χ0) is 25.9. The lowest BCUT2D eigenvalue weighted by Gasteiger charge is -2.14. The Kier molecular flexibility index (Phi) is 6.86. The molecule has 0 radical (unpaired) electrons. The van der Waals surface area contributed by atoms with Gasteiger partial charge in [-0.05, 0) is 66.9 Å². The Morgan fingerprint density at radius 3 is 2.46 bits per heavy atom. The van der Waals surface area contributed by atoms with Gasteiger partial charge in [0.1, 0.15) is 22.8 Å². The summed E-state index contributed by atoms with van der Waals surface area (Å²) in [4.78, 5) is 26.3. The zero-order valence-corrected chi connectivity index (χ0v) is 21.1. The van der Waals surface area contributed by atoms with E-state index in [-0.39, 0.29) is 17.8 Å². The van der Waals surface area contributed by atoms with Gasteiger partial charge in [0.05, 0.1) is 31.3 Å². The number of hydrogen-bond acceptors (Lipinski definition) is 7. The number of ether oxygens (including phenoxy) is 4. The smallest absolute Gasteiger partial charge is 0.200 e. The van der Waals surface area contributed by atoms with Crippen molar-refractivity contribution in [3.63, 3.8) is 0 Å². The molecule has 190 valence electrons. The molecule has 3 aromatic carbocycles. The van der Waals surface area contributed by atoms with Crippen molar-refractivity contribution >= 4 is 16.8 Å². The van der Waals surface area contributed by atoms with Crippen LogP contribution in [0.5, 0.6) is 23.0 Å². The van der Waals surface area contributed by atoms with E-state index in [1.807, 2.05) is 25.1 Å². The first-order valence-electron chi connectivity index (χ1n) is 12.3. The molecule has 0 saturated heterocycles. The maximum absolute atomic E-state index is 13.6. The first-order valence-corrected chi connectivity index (χ1v) is 12.3. The van der Waals surface area contributed by atoms with Gasteiger partial charge < -0.3 is 23.4 Å². The monoisotopic (exact) mass is 500 g/mol. The second-order valence-electron chi connectivity index (χ2n) is 8.82. The largest absolute Gasteiger partial charge is 0.497 e. The van der Waals surface area contributed by atoms with Crippen molar-refractivity contribution in [2.75, 3.05) is 26.9 Å². The predicted molar refractivity (Wildman–Crippen MR) is 140 cm³/mol. The Hall–Kier alpha value is -4.26. The van der Waals surface area contributed by atoms with Crippen LogP contribution < -0.4 is 24.4 Å². The van der Waals surface area contributed by atoms with Crippen molar-refractivity contribution in [1.82, 2.24) is 0 Å². The van der Waals surface area contributed by atoms with E-state index in [4.69, 9.17) is 23.4 Å². The van der Waals surface area contributed by atoms with Gasteiger partial charge in [-0.15, -0.1) is 0 Å². The summed E-state index contributed by atoms with van der Waals surface area (Å²) in [6, 6.07) is 15.9. The van der Waals surface area contributed by atoms with Gasteiger partial charge in [0, 0.05) is 18.1 Å². The molecule has 5 rings (SSSR count). The van der Waals surface area contributed by atoms with Crippen molar-refractivity contribution < 1.29 is 28.2 Å². The Morgan fingerprint density at radius 1 is 0.973 bits per heavy atom. The van der Waals surface area contributed by atoms with Gasteiger partial charge in [0.2, 0.25) is 5.43 Å². The fourth-order valence-electron chi connectivity index (χ4n) is 4.45. The summed E-state index contributed by atoms with van der Waals surface area (Å²) in [6.45, 7) is 4.76. The normalized spacial score (nSPS) is 12.7. The molecule has 37 heavy (non-hydrogen) atoms. The average molecular weight is 501 g/mol. The molecular formula is C30H28O7. The second kappa shape index (κ2) is 10.4. The topological polar surface area (TPSA) is 84.2 Å². The van der Waals surface area contributed by atoms with E-state index in [0.29, 0.717) is 76.1 Å². The number of aryl methyl sites for hydroxylation is 2. The van der Waals surface area contributed by atoms with Crippen molar-refractivity contribution in [2.24, 2.45) is 0 Å². The average Bonchev–Trinajstić information content (AvgIpc) is 3.16. The van der Waals surface area contributed by atoms with Crippen LogP contribution in [0.3, 0.4) is 0 Å². The highest BCUT2D eigenvalue weighted by Crippen LogP contribution is 2.35. The Labute approximate surface area is 214 Å². The van der Waals surface area contributed by atoms with E-state index in [2.05, 4.69) is 0 Å². The van der Waals surface area contributed by atoms with Crippen LogP contribution in [-0.2, 0) is 6.42 Å². The lowest BCUT2D eigenvalue weighted by Crippen LogP contribution is -2.13. The summed E-state index contributed by atoms with van der Waals surface area (Å²) in [5.74, 6) is 2.81. The molecule has 0 fully saturated rings. The minimum Gasteiger partial charge on any atom is -0.497 e. The Balaban J connectivity index is 1.47. The molecule has 2 heterocycles. The quantitative estimate of drug-likeness (QED) is 0.298. The molecule has 0 N–H and O–H groups in total. The molecule has 7 nitrogen and oxygen atoms in total. The first kappa shape index (κ1) is 24.4. The number of ketones is 1. The summed E-state index contributed by atoms with van der Waals surface area (Å²) < 4.78 is 28.7. The molecule has 0 bridgehead atoms. The molecule has 1 aliphatic rings. The molecule has 0 unspecified atom stereocenters. The number of carbonyl (C=O) groups is 1. The van der Waals surface area contributed by atoms with E-state index in [0.717, 1.165) is 12.0 Å².